The Morgan fingerprint density at radius 2 is 1.88 bits per heavy atom. The lowest BCUT2D eigenvalue weighted by molar-refractivity contribution is 1.06. The van der Waals surface area contributed by atoms with Gasteiger partial charge >= 0.3 is 0 Å². The van der Waals surface area contributed by atoms with Crippen molar-refractivity contribution in [2.45, 2.75) is 19.2 Å². The molecule has 1 aromatic heterocycles. The highest BCUT2D eigenvalue weighted by Gasteiger charge is 2.04. The first-order valence-electron chi connectivity index (χ1n) is 5.34. The summed E-state index contributed by atoms with van der Waals surface area (Å²) in [7, 11) is 0. The van der Waals surface area contributed by atoms with Crippen molar-refractivity contribution in [1.29, 1.82) is 0 Å². The highest BCUT2D eigenvalue weighted by atomic mass is 35.5. The van der Waals surface area contributed by atoms with Gasteiger partial charge in [-0.1, -0.05) is 30.3 Å². The first kappa shape index (κ1) is 11.2. The zero-order chi connectivity index (χ0) is 11.4. The second kappa shape index (κ2) is 5.13. The maximum absolute atomic E-state index is 5.84. The highest BCUT2D eigenvalue weighted by Crippen LogP contribution is 2.16. The third-order valence-electron chi connectivity index (χ3n) is 2.78. The van der Waals surface area contributed by atoms with Gasteiger partial charge in [-0.2, -0.15) is 0 Å². The zero-order valence-electron chi connectivity index (χ0n) is 9.28. The molecule has 0 atom stereocenters. The van der Waals surface area contributed by atoms with Gasteiger partial charge < -0.3 is 0 Å². The van der Waals surface area contributed by atoms with Crippen LogP contribution in [0.2, 0.25) is 0 Å². The lowest BCUT2D eigenvalue weighted by atomic mass is 10.0. The molecule has 0 aliphatic carbocycles. The van der Waals surface area contributed by atoms with Crippen molar-refractivity contribution in [3.63, 3.8) is 0 Å². The summed E-state index contributed by atoms with van der Waals surface area (Å²) in [6, 6.07) is 12.5. The molecule has 1 aromatic carbocycles. The molecule has 0 aliphatic rings. The molecule has 0 bridgehead atoms. The molecule has 1 nitrogen and oxygen atoms in total. The van der Waals surface area contributed by atoms with Crippen LogP contribution in [-0.2, 0) is 12.3 Å². The largest absolute Gasteiger partial charge is 0.260 e. The van der Waals surface area contributed by atoms with Crippen molar-refractivity contribution in [2.24, 2.45) is 0 Å². The van der Waals surface area contributed by atoms with Crippen LogP contribution in [0.3, 0.4) is 0 Å². The average molecular weight is 232 g/mol. The molecular formula is C14H14ClN. The quantitative estimate of drug-likeness (QED) is 0.734. The van der Waals surface area contributed by atoms with Crippen LogP contribution in [0.25, 0.3) is 0 Å². The van der Waals surface area contributed by atoms with Gasteiger partial charge in [-0.25, -0.2) is 0 Å². The second-order valence-corrected chi connectivity index (χ2v) is 4.11. The summed E-state index contributed by atoms with van der Waals surface area (Å²) in [4.78, 5) is 4.27. The van der Waals surface area contributed by atoms with Crippen LogP contribution in [0, 0.1) is 6.92 Å². The number of benzene rings is 1. The van der Waals surface area contributed by atoms with Crippen molar-refractivity contribution >= 4 is 11.6 Å². The Hall–Kier alpha value is -1.34. The van der Waals surface area contributed by atoms with E-state index in [1.807, 2.05) is 12.3 Å². The van der Waals surface area contributed by atoms with Crippen LogP contribution in [0.15, 0.2) is 42.6 Å². The van der Waals surface area contributed by atoms with Gasteiger partial charge in [-0.3, -0.25) is 4.98 Å². The number of rotatable bonds is 3. The Morgan fingerprint density at radius 3 is 2.56 bits per heavy atom. The molecule has 1 heterocycles. The van der Waals surface area contributed by atoms with Crippen molar-refractivity contribution in [2.75, 3.05) is 0 Å². The number of alkyl halides is 1. The van der Waals surface area contributed by atoms with Crippen LogP contribution >= 0.6 is 11.6 Å². The molecule has 2 heteroatoms. The molecule has 2 aromatic rings. The summed E-state index contributed by atoms with van der Waals surface area (Å²) in [6.07, 6.45) is 2.78. The molecule has 0 radical (unpaired) electrons. The predicted octanol–water partition coefficient (Wildman–Crippen LogP) is 3.72. The van der Waals surface area contributed by atoms with E-state index in [9.17, 15) is 0 Å². The van der Waals surface area contributed by atoms with E-state index in [0.717, 1.165) is 12.1 Å². The second-order valence-electron chi connectivity index (χ2n) is 3.84. The van der Waals surface area contributed by atoms with Crippen LogP contribution < -0.4 is 0 Å². The minimum atomic E-state index is 0.481. The maximum atomic E-state index is 5.84. The summed E-state index contributed by atoms with van der Waals surface area (Å²) in [5, 5.41) is 0. The van der Waals surface area contributed by atoms with E-state index in [1.165, 1.54) is 16.7 Å². The molecule has 2 rings (SSSR count). The molecular weight excluding hydrogens is 218 g/mol. The van der Waals surface area contributed by atoms with E-state index in [2.05, 4.69) is 42.2 Å². The van der Waals surface area contributed by atoms with Crippen LogP contribution in [-0.4, -0.2) is 4.98 Å². The van der Waals surface area contributed by atoms with Gasteiger partial charge in [0.25, 0.3) is 0 Å². The SMILES string of the molecule is Cc1c(Cc2ccccc2)ccnc1CCl. The van der Waals surface area contributed by atoms with E-state index in [1.54, 1.807) is 0 Å². The Kier molecular flexibility index (Phi) is 3.58. The fourth-order valence-corrected chi connectivity index (χ4v) is 2.04. The summed E-state index contributed by atoms with van der Waals surface area (Å²) in [5.41, 5.74) is 4.81. The number of hydrogen-bond donors (Lipinski definition) is 0. The summed E-state index contributed by atoms with van der Waals surface area (Å²) in [6.45, 7) is 2.09. The average Bonchev–Trinajstić information content (AvgIpc) is 2.33. The Morgan fingerprint density at radius 1 is 1.12 bits per heavy atom. The van der Waals surface area contributed by atoms with Gasteiger partial charge in [-0.15, -0.1) is 11.6 Å². The van der Waals surface area contributed by atoms with Gasteiger partial charge in [0, 0.05) is 6.20 Å². The minimum absolute atomic E-state index is 0.481. The van der Waals surface area contributed by atoms with Gasteiger partial charge in [-0.05, 0) is 36.1 Å². The standard InChI is InChI=1S/C14H14ClN/c1-11-13(7-8-16-14(11)10-15)9-12-5-3-2-4-6-12/h2-8H,9-10H2,1H3. The van der Waals surface area contributed by atoms with Gasteiger partial charge in [0.1, 0.15) is 0 Å². The third-order valence-corrected chi connectivity index (χ3v) is 3.04. The smallest absolute Gasteiger partial charge is 0.0650 e. The molecule has 0 aliphatic heterocycles. The Labute approximate surface area is 101 Å². The summed E-state index contributed by atoms with van der Waals surface area (Å²) < 4.78 is 0. The minimum Gasteiger partial charge on any atom is -0.260 e. The van der Waals surface area contributed by atoms with Gasteiger partial charge in [0.15, 0.2) is 0 Å². The predicted molar refractivity (Wildman–Crippen MR) is 67.8 cm³/mol. The molecule has 0 saturated heterocycles. The van der Waals surface area contributed by atoms with Crippen LogP contribution in [0.5, 0.6) is 0 Å². The number of nitrogens with zero attached hydrogens (tertiary/aromatic N) is 1. The monoisotopic (exact) mass is 231 g/mol. The first-order valence-corrected chi connectivity index (χ1v) is 5.88. The molecule has 0 saturated carbocycles. The molecule has 82 valence electrons. The number of pyridine rings is 1. The highest BCUT2D eigenvalue weighted by molar-refractivity contribution is 6.17. The Balaban J connectivity index is 2.28. The van der Waals surface area contributed by atoms with E-state index in [4.69, 9.17) is 11.6 Å². The molecule has 0 fully saturated rings. The van der Waals surface area contributed by atoms with Crippen LogP contribution in [0.1, 0.15) is 22.4 Å². The van der Waals surface area contributed by atoms with Crippen molar-refractivity contribution in [3.8, 4) is 0 Å². The zero-order valence-corrected chi connectivity index (χ0v) is 10.0. The summed E-state index contributed by atoms with van der Waals surface area (Å²) >= 11 is 5.84. The van der Waals surface area contributed by atoms with E-state index in [0.29, 0.717) is 5.88 Å². The van der Waals surface area contributed by atoms with Gasteiger partial charge in [0.05, 0.1) is 11.6 Å². The summed E-state index contributed by atoms with van der Waals surface area (Å²) in [5.74, 6) is 0.481. The molecule has 0 amide bonds. The van der Waals surface area contributed by atoms with Crippen molar-refractivity contribution in [1.82, 2.24) is 4.98 Å². The van der Waals surface area contributed by atoms with Crippen molar-refractivity contribution < 1.29 is 0 Å². The maximum Gasteiger partial charge on any atom is 0.0650 e. The van der Waals surface area contributed by atoms with Crippen molar-refractivity contribution in [3.05, 3.63) is 65.0 Å². The topological polar surface area (TPSA) is 12.9 Å². The lowest BCUT2D eigenvalue weighted by Crippen LogP contribution is -1.97. The number of hydrogen-bond acceptors (Lipinski definition) is 1. The molecule has 0 spiro atoms. The fourth-order valence-electron chi connectivity index (χ4n) is 1.77. The van der Waals surface area contributed by atoms with E-state index >= 15 is 0 Å². The third kappa shape index (κ3) is 2.42. The van der Waals surface area contributed by atoms with E-state index < -0.39 is 0 Å². The van der Waals surface area contributed by atoms with Gasteiger partial charge in [0.2, 0.25) is 0 Å². The number of halogens is 1. The fraction of sp³-hybridized carbons (Fsp3) is 0.214. The normalized spacial score (nSPS) is 10.4. The molecule has 0 unspecified atom stereocenters. The van der Waals surface area contributed by atoms with Crippen LogP contribution in [0.4, 0.5) is 0 Å². The molecule has 0 N–H and O–H groups in total. The number of aromatic nitrogens is 1. The lowest BCUT2D eigenvalue weighted by Gasteiger charge is -2.08. The van der Waals surface area contributed by atoms with E-state index in [-0.39, 0.29) is 0 Å². The Bertz CT molecular complexity index is 465. The first-order chi connectivity index (χ1) is 7.81. The molecule has 16 heavy (non-hydrogen) atoms.